The van der Waals surface area contributed by atoms with Crippen molar-refractivity contribution in [3.05, 3.63) is 46.4 Å². The van der Waals surface area contributed by atoms with Gasteiger partial charge in [0.1, 0.15) is 5.39 Å². The van der Waals surface area contributed by atoms with E-state index in [1.54, 1.807) is 20.3 Å². The lowest BCUT2D eigenvalue weighted by Gasteiger charge is -2.31. The van der Waals surface area contributed by atoms with Crippen molar-refractivity contribution in [3.63, 3.8) is 0 Å². The number of hydrogen-bond acceptors (Lipinski definition) is 6. The maximum Gasteiger partial charge on any atom is 0.265 e. The maximum absolute atomic E-state index is 13.3. The molecule has 0 saturated carbocycles. The molecule has 5 rings (SSSR count). The van der Waals surface area contributed by atoms with Crippen LogP contribution < -0.4 is 11.3 Å². The summed E-state index contributed by atoms with van der Waals surface area (Å²) in [5.41, 5.74) is 7.69. The SMILES string of the molecule is Cc1cccc(-n2ncc3c(=O)n4c(nc32)SCC4CC(=O)N2CCC(C(N)=O)CC2)c1. The van der Waals surface area contributed by atoms with E-state index in [2.05, 4.69) is 5.10 Å². The van der Waals surface area contributed by atoms with Crippen LogP contribution in [-0.2, 0) is 9.59 Å². The zero-order valence-corrected chi connectivity index (χ0v) is 18.5. The third-order valence-electron chi connectivity index (χ3n) is 6.28. The number of amides is 2. The molecule has 2 amide bonds. The van der Waals surface area contributed by atoms with Crippen LogP contribution in [0.25, 0.3) is 16.7 Å². The van der Waals surface area contributed by atoms with Gasteiger partial charge in [-0.1, -0.05) is 23.9 Å². The van der Waals surface area contributed by atoms with Crippen molar-refractivity contribution < 1.29 is 9.59 Å². The largest absolute Gasteiger partial charge is 0.369 e. The summed E-state index contributed by atoms with van der Waals surface area (Å²) < 4.78 is 3.33. The van der Waals surface area contributed by atoms with E-state index in [0.717, 1.165) is 11.3 Å². The highest BCUT2D eigenvalue weighted by Crippen LogP contribution is 2.34. The predicted molar refractivity (Wildman–Crippen MR) is 121 cm³/mol. The molecule has 2 aromatic heterocycles. The van der Waals surface area contributed by atoms with E-state index in [4.69, 9.17) is 10.7 Å². The first kappa shape index (κ1) is 20.7. The number of aromatic nitrogens is 4. The molecular formula is C22H24N6O3S. The van der Waals surface area contributed by atoms with E-state index in [9.17, 15) is 14.4 Å². The second-order valence-electron chi connectivity index (χ2n) is 8.43. The number of likely N-dealkylation sites (tertiary alicyclic amines) is 1. The first-order valence-electron chi connectivity index (χ1n) is 10.7. The summed E-state index contributed by atoms with van der Waals surface area (Å²) in [5.74, 6) is 0.155. The summed E-state index contributed by atoms with van der Waals surface area (Å²) in [6, 6.07) is 7.63. The number of primary amides is 1. The number of piperidine rings is 1. The molecule has 2 aliphatic heterocycles. The Kier molecular flexibility index (Phi) is 5.24. The number of nitrogens with zero attached hydrogens (tertiary/aromatic N) is 5. The molecule has 1 saturated heterocycles. The minimum absolute atomic E-state index is 0.00572. The highest BCUT2D eigenvalue weighted by atomic mass is 32.2. The summed E-state index contributed by atoms with van der Waals surface area (Å²) in [6.07, 6.45) is 2.98. The average Bonchev–Trinajstić information content (AvgIpc) is 3.39. The van der Waals surface area contributed by atoms with Gasteiger partial charge in [0.05, 0.1) is 17.9 Å². The van der Waals surface area contributed by atoms with Crippen molar-refractivity contribution in [2.75, 3.05) is 18.8 Å². The van der Waals surface area contributed by atoms with Crippen LogP contribution >= 0.6 is 11.8 Å². The van der Waals surface area contributed by atoms with E-state index in [1.165, 1.54) is 11.8 Å². The van der Waals surface area contributed by atoms with Gasteiger partial charge in [-0.05, 0) is 37.5 Å². The van der Waals surface area contributed by atoms with Gasteiger partial charge < -0.3 is 10.6 Å². The summed E-state index contributed by atoms with van der Waals surface area (Å²) >= 11 is 1.49. The zero-order chi connectivity index (χ0) is 22.4. The molecule has 3 aromatic rings. The second-order valence-corrected chi connectivity index (χ2v) is 9.42. The summed E-state index contributed by atoms with van der Waals surface area (Å²) in [4.78, 5) is 44.1. The first-order valence-corrected chi connectivity index (χ1v) is 11.7. The quantitative estimate of drug-likeness (QED) is 0.602. The van der Waals surface area contributed by atoms with Crippen LogP contribution in [0.15, 0.2) is 40.4 Å². The zero-order valence-electron chi connectivity index (χ0n) is 17.7. The Morgan fingerprint density at radius 2 is 2.03 bits per heavy atom. The number of carbonyl (C=O) groups is 2. The fourth-order valence-corrected chi connectivity index (χ4v) is 5.60. The third kappa shape index (κ3) is 3.58. The number of nitrogens with two attached hydrogens (primary N) is 1. The van der Waals surface area contributed by atoms with Crippen LogP contribution in [0, 0.1) is 12.8 Å². The van der Waals surface area contributed by atoms with Crippen molar-refractivity contribution in [2.45, 2.75) is 37.4 Å². The molecule has 0 bridgehead atoms. The first-order chi connectivity index (χ1) is 15.4. The van der Waals surface area contributed by atoms with Crippen LogP contribution in [0.4, 0.5) is 0 Å². The lowest BCUT2D eigenvalue weighted by molar-refractivity contribution is -0.135. The van der Waals surface area contributed by atoms with Crippen molar-refractivity contribution in [1.29, 1.82) is 0 Å². The van der Waals surface area contributed by atoms with E-state index >= 15 is 0 Å². The van der Waals surface area contributed by atoms with Crippen LogP contribution in [0.2, 0.25) is 0 Å². The van der Waals surface area contributed by atoms with Gasteiger partial charge in [0.2, 0.25) is 11.8 Å². The molecule has 166 valence electrons. The smallest absolute Gasteiger partial charge is 0.265 e. The Hall–Kier alpha value is -3.14. The Morgan fingerprint density at radius 1 is 1.25 bits per heavy atom. The monoisotopic (exact) mass is 452 g/mol. The third-order valence-corrected chi connectivity index (χ3v) is 7.37. The van der Waals surface area contributed by atoms with Gasteiger partial charge in [-0.15, -0.1) is 0 Å². The minimum Gasteiger partial charge on any atom is -0.369 e. The number of carbonyl (C=O) groups excluding carboxylic acids is 2. The Morgan fingerprint density at radius 3 is 2.75 bits per heavy atom. The van der Waals surface area contributed by atoms with Crippen molar-refractivity contribution in [2.24, 2.45) is 11.7 Å². The molecule has 2 aliphatic rings. The fraction of sp³-hybridized carbons (Fsp3) is 0.409. The van der Waals surface area contributed by atoms with Crippen LogP contribution in [0.1, 0.15) is 30.9 Å². The molecule has 1 fully saturated rings. The molecule has 0 aliphatic carbocycles. The van der Waals surface area contributed by atoms with Crippen LogP contribution in [-0.4, -0.2) is 54.9 Å². The Balaban J connectivity index is 1.40. The molecule has 0 radical (unpaired) electrons. The van der Waals surface area contributed by atoms with Gasteiger partial charge >= 0.3 is 0 Å². The van der Waals surface area contributed by atoms with Crippen LogP contribution in [0.5, 0.6) is 0 Å². The van der Waals surface area contributed by atoms with Crippen molar-refractivity contribution in [3.8, 4) is 5.69 Å². The van der Waals surface area contributed by atoms with E-state index < -0.39 is 0 Å². The van der Waals surface area contributed by atoms with E-state index in [1.807, 2.05) is 31.2 Å². The topological polar surface area (TPSA) is 116 Å². The van der Waals surface area contributed by atoms with Gasteiger partial charge in [-0.2, -0.15) is 5.10 Å². The van der Waals surface area contributed by atoms with E-state index in [0.29, 0.717) is 47.9 Å². The fourth-order valence-electron chi connectivity index (χ4n) is 4.47. The molecule has 32 heavy (non-hydrogen) atoms. The average molecular weight is 453 g/mol. The second kappa shape index (κ2) is 8.09. The standard InChI is InChI=1S/C22H24N6O3S/c1-13-3-2-4-15(9-13)28-20-17(11-24-28)21(31)27-16(12-32-22(27)25-20)10-18(29)26-7-5-14(6-8-26)19(23)30/h2-4,9,11,14,16H,5-8,10,12H2,1H3,(H2,23,30). The molecule has 10 heteroatoms. The molecule has 4 heterocycles. The number of thioether (sulfide) groups is 1. The highest BCUT2D eigenvalue weighted by molar-refractivity contribution is 7.99. The molecule has 2 N–H and O–H groups in total. The van der Waals surface area contributed by atoms with Gasteiger partial charge in [0.15, 0.2) is 10.8 Å². The van der Waals surface area contributed by atoms with Gasteiger partial charge in [-0.3, -0.25) is 19.0 Å². The van der Waals surface area contributed by atoms with Crippen molar-refractivity contribution >= 4 is 34.6 Å². The predicted octanol–water partition coefficient (Wildman–Crippen LogP) is 1.65. The number of rotatable bonds is 4. The maximum atomic E-state index is 13.3. The van der Waals surface area contributed by atoms with E-state index in [-0.39, 0.29) is 35.8 Å². The van der Waals surface area contributed by atoms with Gasteiger partial charge in [0, 0.05) is 31.2 Å². The van der Waals surface area contributed by atoms with Gasteiger partial charge in [0.25, 0.3) is 5.56 Å². The lowest BCUT2D eigenvalue weighted by Crippen LogP contribution is -2.42. The van der Waals surface area contributed by atoms with Gasteiger partial charge in [-0.25, -0.2) is 9.67 Å². The van der Waals surface area contributed by atoms with Crippen LogP contribution in [0.3, 0.4) is 0 Å². The molecule has 1 atom stereocenters. The molecule has 9 nitrogen and oxygen atoms in total. The highest BCUT2D eigenvalue weighted by Gasteiger charge is 2.32. The molecular weight excluding hydrogens is 428 g/mol. The Bertz CT molecular complexity index is 1270. The normalized spacial score (nSPS) is 18.8. The summed E-state index contributed by atoms with van der Waals surface area (Å²) in [7, 11) is 0. The number of hydrogen-bond donors (Lipinski definition) is 1. The molecule has 1 unspecified atom stereocenters. The summed E-state index contributed by atoms with van der Waals surface area (Å²) in [6.45, 7) is 3.05. The number of aryl methyl sites for hydroxylation is 1. The minimum atomic E-state index is -0.300. The van der Waals surface area contributed by atoms with Crippen molar-refractivity contribution in [1.82, 2.24) is 24.2 Å². The Labute approximate surface area is 188 Å². The molecule has 1 aromatic carbocycles. The molecule has 0 spiro atoms. The number of benzene rings is 1. The number of fused-ring (bicyclic) bond motifs is 2. The lowest BCUT2D eigenvalue weighted by atomic mass is 9.96. The summed E-state index contributed by atoms with van der Waals surface area (Å²) in [5, 5.41) is 5.46.